The number of hydrogen-bond donors (Lipinski definition) is 0. The van der Waals surface area contributed by atoms with Gasteiger partial charge in [-0.1, -0.05) is 24.6 Å². The SMILES string of the molecule is Cc1c(C(=O)N2CCN(C(=O)C3CCC3)CC2)cc(-c2ccc(F)cc2)n1-c1ccccc1. The Morgan fingerprint density at radius 1 is 0.879 bits per heavy atom. The first-order valence-corrected chi connectivity index (χ1v) is 11.6. The van der Waals surface area contributed by atoms with E-state index in [4.69, 9.17) is 0 Å². The van der Waals surface area contributed by atoms with E-state index in [0.717, 1.165) is 41.9 Å². The Morgan fingerprint density at radius 3 is 2.12 bits per heavy atom. The van der Waals surface area contributed by atoms with E-state index in [-0.39, 0.29) is 23.5 Å². The molecular formula is C27H28FN3O2. The molecule has 1 saturated heterocycles. The molecule has 170 valence electrons. The molecule has 1 aromatic heterocycles. The number of aromatic nitrogens is 1. The highest BCUT2D eigenvalue weighted by Crippen LogP contribution is 2.31. The van der Waals surface area contributed by atoms with Gasteiger partial charge in [0.15, 0.2) is 0 Å². The lowest BCUT2D eigenvalue weighted by molar-refractivity contribution is -0.139. The van der Waals surface area contributed by atoms with Crippen LogP contribution in [0.4, 0.5) is 4.39 Å². The van der Waals surface area contributed by atoms with Gasteiger partial charge in [0.05, 0.1) is 11.3 Å². The molecule has 6 heteroatoms. The highest BCUT2D eigenvalue weighted by atomic mass is 19.1. The lowest BCUT2D eigenvalue weighted by Gasteiger charge is -2.38. The Labute approximate surface area is 193 Å². The van der Waals surface area contributed by atoms with E-state index in [1.54, 1.807) is 12.1 Å². The predicted molar refractivity (Wildman–Crippen MR) is 126 cm³/mol. The van der Waals surface area contributed by atoms with E-state index in [2.05, 4.69) is 4.57 Å². The van der Waals surface area contributed by atoms with Gasteiger partial charge in [0, 0.05) is 43.5 Å². The minimum absolute atomic E-state index is 0.0266. The molecule has 1 aliphatic carbocycles. The molecule has 1 aliphatic heterocycles. The smallest absolute Gasteiger partial charge is 0.255 e. The third-order valence-corrected chi connectivity index (χ3v) is 6.96. The fourth-order valence-corrected chi connectivity index (χ4v) is 4.78. The van der Waals surface area contributed by atoms with Crippen LogP contribution in [0.1, 0.15) is 35.3 Å². The van der Waals surface area contributed by atoms with Crippen LogP contribution in [0, 0.1) is 18.7 Å². The molecule has 0 N–H and O–H groups in total. The van der Waals surface area contributed by atoms with Crippen LogP contribution in [0.2, 0.25) is 0 Å². The van der Waals surface area contributed by atoms with Gasteiger partial charge in [-0.3, -0.25) is 9.59 Å². The van der Waals surface area contributed by atoms with Crippen LogP contribution < -0.4 is 0 Å². The van der Waals surface area contributed by atoms with E-state index >= 15 is 0 Å². The molecule has 5 rings (SSSR count). The summed E-state index contributed by atoms with van der Waals surface area (Å²) in [5.74, 6) is 0.117. The van der Waals surface area contributed by atoms with Crippen molar-refractivity contribution in [2.75, 3.05) is 26.2 Å². The number of halogens is 1. The quantitative estimate of drug-likeness (QED) is 0.586. The van der Waals surface area contributed by atoms with Crippen molar-refractivity contribution >= 4 is 11.8 Å². The van der Waals surface area contributed by atoms with Gasteiger partial charge in [0.2, 0.25) is 5.91 Å². The maximum Gasteiger partial charge on any atom is 0.255 e. The number of carbonyl (C=O) groups is 2. The van der Waals surface area contributed by atoms with Gasteiger partial charge in [-0.2, -0.15) is 0 Å². The van der Waals surface area contributed by atoms with Gasteiger partial charge in [-0.05, 0) is 67.8 Å². The molecule has 3 aromatic rings. The summed E-state index contributed by atoms with van der Waals surface area (Å²) in [7, 11) is 0. The van der Waals surface area contributed by atoms with Crippen LogP contribution in [0.5, 0.6) is 0 Å². The van der Waals surface area contributed by atoms with Crippen molar-refractivity contribution in [3.05, 3.63) is 77.7 Å². The van der Waals surface area contributed by atoms with E-state index in [9.17, 15) is 14.0 Å². The summed E-state index contributed by atoms with van der Waals surface area (Å²) in [5.41, 5.74) is 4.12. The first kappa shape index (κ1) is 21.4. The Morgan fingerprint density at radius 2 is 1.52 bits per heavy atom. The first-order chi connectivity index (χ1) is 16.0. The van der Waals surface area contributed by atoms with Crippen LogP contribution in [-0.2, 0) is 4.79 Å². The minimum atomic E-state index is -0.293. The molecule has 2 aromatic carbocycles. The van der Waals surface area contributed by atoms with Crippen LogP contribution in [0.25, 0.3) is 16.9 Å². The molecule has 33 heavy (non-hydrogen) atoms. The Bertz CT molecular complexity index is 1160. The number of carbonyl (C=O) groups excluding carboxylic acids is 2. The van der Waals surface area contributed by atoms with Crippen molar-refractivity contribution in [2.45, 2.75) is 26.2 Å². The van der Waals surface area contributed by atoms with E-state index in [0.29, 0.717) is 31.7 Å². The topological polar surface area (TPSA) is 45.6 Å². The molecule has 2 amide bonds. The third kappa shape index (κ3) is 4.06. The van der Waals surface area contributed by atoms with Crippen molar-refractivity contribution in [1.29, 1.82) is 0 Å². The third-order valence-electron chi connectivity index (χ3n) is 6.96. The number of benzene rings is 2. The summed E-state index contributed by atoms with van der Waals surface area (Å²) in [4.78, 5) is 29.8. The Balaban J connectivity index is 1.43. The number of rotatable bonds is 4. The number of para-hydroxylation sites is 1. The summed E-state index contributed by atoms with van der Waals surface area (Å²) in [5, 5.41) is 0. The monoisotopic (exact) mass is 445 g/mol. The van der Waals surface area contributed by atoms with Crippen molar-refractivity contribution in [3.63, 3.8) is 0 Å². The number of hydrogen-bond acceptors (Lipinski definition) is 2. The molecule has 2 fully saturated rings. The lowest BCUT2D eigenvalue weighted by atomic mass is 9.84. The normalized spacial score (nSPS) is 16.5. The van der Waals surface area contributed by atoms with Gasteiger partial charge < -0.3 is 14.4 Å². The second-order valence-corrected chi connectivity index (χ2v) is 8.95. The van der Waals surface area contributed by atoms with Gasteiger partial charge in [0.25, 0.3) is 5.91 Å². The molecular weight excluding hydrogens is 417 g/mol. The Kier molecular flexibility index (Phi) is 5.75. The molecule has 2 heterocycles. The predicted octanol–water partition coefficient (Wildman–Crippen LogP) is 4.68. The second kappa shape index (κ2) is 8.85. The van der Waals surface area contributed by atoms with Gasteiger partial charge in [-0.15, -0.1) is 0 Å². The standard InChI is InChI=1S/C27H28FN3O2/c1-19-24(27(33)30-16-14-29(15-17-30)26(32)21-6-5-7-21)18-25(20-10-12-22(28)13-11-20)31(19)23-8-3-2-4-9-23/h2-4,8-13,18,21H,5-7,14-17H2,1H3. The summed E-state index contributed by atoms with van der Waals surface area (Å²) >= 11 is 0. The molecule has 0 radical (unpaired) electrons. The average molecular weight is 446 g/mol. The Hall–Kier alpha value is -3.41. The van der Waals surface area contributed by atoms with Crippen LogP contribution >= 0.6 is 0 Å². The van der Waals surface area contributed by atoms with E-state index in [1.807, 2.05) is 53.1 Å². The zero-order valence-corrected chi connectivity index (χ0v) is 18.8. The van der Waals surface area contributed by atoms with E-state index < -0.39 is 0 Å². The number of piperazine rings is 1. The molecule has 0 spiro atoms. The zero-order valence-electron chi connectivity index (χ0n) is 18.8. The minimum Gasteiger partial charge on any atom is -0.339 e. The molecule has 5 nitrogen and oxygen atoms in total. The number of nitrogens with zero attached hydrogens (tertiary/aromatic N) is 3. The highest BCUT2D eigenvalue weighted by molar-refractivity contribution is 5.97. The second-order valence-electron chi connectivity index (χ2n) is 8.95. The zero-order chi connectivity index (χ0) is 22.9. The molecule has 0 bridgehead atoms. The maximum atomic E-state index is 13.6. The van der Waals surface area contributed by atoms with E-state index in [1.165, 1.54) is 12.1 Å². The van der Waals surface area contributed by atoms with Crippen molar-refractivity contribution in [1.82, 2.24) is 14.4 Å². The van der Waals surface area contributed by atoms with Crippen LogP contribution in [0.3, 0.4) is 0 Å². The molecule has 2 aliphatic rings. The number of amides is 2. The van der Waals surface area contributed by atoms with Gasteiger partial charge >= 0.3 is 0 Å². The summed E-state index contributed by atoms with van der Waals surface area (Å²) in [6.07, 6.45) is 3.13. The van der Waals surface area contributed by atoms with Crippen LogP contribution in [-0.4, -0.2) is 52.4 Å². The van der Waals surface area contributed by atoms with Gasteiger partial charge in [0.1, 0.15) is 5.82 Å². The molecule has 1 saturated carbocycles. The molecule has 0 unspecified atom stereocenters. The molecule has 0 atom stereocenters. The van der Waals surface area contributed by atoms with Crippen molar-refractivity contribution in [2.24, 2.45) is 5.92 Å². The summed E-state index contributed by atoms with van der Waals surface area (Å²) in [6.45, 7) is 4.20. The van der Waals surface area contributed by atoms with Gasteiger partial charge in [-0.25, -0.2) is 4.39 Å². The largest absolute Gasteiger partial charge is 0.339 e. The van der Waals surface area contributed by atoms with Crippen molar-refractivity contribution in [3.8, 4) is 16.9 Å². The highest BCUT2D eigenvalue weighted by Gasteiger charge is 2.33. The lowest BCUT2D eigenvalue weighted by Crippen LogP contribution is -2.52. The van der Waals surface area contributed by atoms with Crippen molar-refractivity contribution < 1.29 is 14.0 Å². The summed E-state index contributed by atoms with van der Waals surface area (Å²) in [6, 6.07) is 18.1. The fourth-order valence-electron chi connectivity index (χ4n) is 4.78. The first-order valence-electron chi connectivity index (χ1n) is 11.6. The average Bonchev–Trinajstić information content (AvgIpc) is 3.15. The maximum absolute atomic E-state index is 13.6. The summed E-state index contributed by atoms with van der Waals surface area (Å²) < 4.78 is 15.6. The van der Waals surface area contributed by atoms with Crippen LogP contribution in [0.15, 0.2) is 60.7 Å². The fraction of sp³-hybridized carbons (Fsp3) is 0.333.